The molecule has 2 unspecified atom stereocenters. The quantitative estimate of drug-likeness (QED) is 0.312. The van der Waals surface area contributed by atoms with Crippen LogP contribution in [0.3, 0.4) is 0 Å². The molecule has 0 radical (unpaired) electrons. The van der Waals surface area contributed by atoms with Crippen LogP contribution >= 0.6 is 0 Å². The van der Waals surface area contributed by atoms with Crippen LogP contribution in [0.1, 0.15) is 44.0 Å². The van der Waals surface area contributed by atoms with E-state index in [2.05, 4.69) is 48.2 Å². The highest BCUT2D eigenvalue weighted by molar-refractivity contribution is 5.94. The Morgan fingerprint density at radius 1 is 1.08 bits per heavy atom. The summed E-state index contributed by atoms with van der Waals surface area (Å²) in [5, 5.41) is 13.9. The number of rotatable bonds is 5. The topological polar surface area (TPSA) is 111 Å². The summed E-state index contributed by atoms with van der Waals surface area (Å²) in [5.74, 6) is -0.111. The number of amides is 2. The molecular weight excluding hydrogens is 478 g/mol. The number of para-hydroxylation sites is 1. The van der Waals surface area contributed by atoms with E-state index in [0.29, 0.717) is 18.7 Å². The van der Waals surface area contributed by atoms with Crippen molar-refractivity contribution in [2.75, 3.05) is 13.1 Å². The maximum absolute atomic E-state index is 13.0. The van der Waals surface area contributed by atoms with E-state index in [1.54, 1.807) is 29.4 Å². The second kappa shape index (κ2) is 10.3. The van der Waals surface area contributed by atoms with Crippen molar-refractivity contribution >= 4 is 22.9 Å². The zero-order valence-corrected chi connectivity index (χ0v) is 21.9. The van der Waals surface area contributed by atoms with Gasteiger partial charge in [0.2, 0.25) is 0 Å². The van der Waals surface area contributed by atoms with E-state index in [1.807, 2.05) is 30.3 Å². The van der Waals surface area contributed by atoms with Crippen molar-refractivity contribution in [2.45, 2.75) is 39.7 Å². The van der Waals surface area contributed by atoms with Gasteiger partial charge in [0.1, 0.15) is 5.69 Å². The Balaban J connectivity index is 1.28. The minimum atomic E-state index is -0.895. The molecule has 5 rings (SSSR count). The fraction of sp³-hybridized carbons (Fsp3) is 0.333. The van der Waals surface area contributed by atoms with Gasteiger partial charge in [0, 0.05) is 41.2 Å². The summed E-state index contributed by atoms with van der Waals surface area (Å²) < 4.78 is 0. The first kappa shape index (κ1) is 25.4. The molecule has 1 aliphatic rings. The maximum atomic E-state index is 13.0. The summed E-state index contributed by atoms with van der Waals surface area (Å²) in [5.41, 5.74) is 4.60. The first-order valence-electron chi connectivity index (χ1n) is 13.0. The number of H-pyrrole nitrogens is 1. The van der Waals surface area contributed by atoms with Crippen LogP contribution in [0.15, 0.2) is 67.0 Å². The van der Waals surface area contributed by atoms with Crippen LogP contribution in [-0.4, -0.2) is 56.1 Å². The van der Waals surface area contributed by atoms with Gasteiger partial charge in [0.25, 0.3) is 5.91 Å². The molecule has 2 amide bonds. The van der Waals surface area contributed by atoms with Crippen LogP contribution in [0.2, 0.25) is 0 Å². The predicted molar refractivity (Wildman–Crippen MR) is 148 cm³/mol. The van der Waals surface area contributed by atoms with Crippen LogP contribution < -0.4 is 5.32 Å². The monoisotopic (exact) mass is 511 g/mol. The molecule has 38 heavy (non-hydrogen) atoms. The fourth-order valence-corrected chi connectivity index (χ4v) is 5.64. The molecule has 0 spiro atoms. The third-order valence-corrected chi connectivity index (χ3v) is 7.30. The minimum absolute atomic E-state index is 0.0609. The number of nitrogens with zero attached hydrogens (tertiary/aromatic N) is 3. The Morgan fingerprint density at radius 3 is 2.53 bits per heavy atom. The van der Waals surface area contributed by atoms with Crippen LogP contribution in [-0.2, 0) is 0 Å². The summed E-state index contributed by atoms with van der Waals surface area (Å²) in [4.78, 5) is 38.9. The number of likely N-dealkylation sites (tertiary alicyclic amines) is 1. The lowest BCUT2D eigenvalue weighted by Gasteiger charge is -2.46. The number of aromatic amines is 1. The molecule has 196 valence electrons. The average Bonchev–Trinajstić information content (AvgIpc) is 3.35. The highest BCUT2D eigenvalue weighted by Crippen LogP contribution is 2.36. The fourth-order valence-electron chi connectivity index (χ4n) is 5.64. The van der Waals surface area contributed by atoms with E-state index in [-0.39, 0.29) is 23.3 Å². The highest BCUT2D eigenvalue weighted by Gasteiger charge is 2.41. The molecule has 1 saturated heterocycles. The number of aromatic nitrogens is 3. The molecule has 2 aromatic heterocycles. The second-order valence-electron chi connectivity index (χ2n) is 11.0. The van der Waals surface area contributed by atoms with Crippen molar-refractivity contribution < 1.29 is 14.7 Å². The maximum Gasteiger partial charge on any atom is 0.407 e. The van der Waals surface area contributed by atoms with Crippen molar-refractivity contribution in [1.82, 2.24) is 25.2 Å². The molecule has 1 aliphatic heterocycles. The molecule has 2 aromatic carbocycles. The van der Waals surface area contributed by atoms with Crippen molar-refractivity contribution in [1.29, 1.82) is 0 Å². The molecule has 8 heteroatoms. The lowest BCUT2D eigenvalue weighted by molar-refractivity contribution is 0.0231. The van der Waals surface area contributed by atoms with Crippen molar-refractivity contribution in [2.24, 2.45) is 11.3 Å². The molecule has 8 nitrogen and oxygen atoms in total. The summed E-state index contributed by atoms with van der Waals surface area (Å²) in [7, 11) is 0. The van der Waals surface area contributed by atoms with E-state index < -0.39 is 6.09 Å². The molecule has 0 bridgehead atoms. The Kier molecular flexibility index (Phi) is 6.89. The van der Waals surface area contributed by atoms with E-state index in [4.69, 9.17) is 4.98 Å². The first-order chi connectivity index (χ1) is 18.2. The van der Waals surface area contributed by atoms with Gasteiger partial charge >= 0.3 is 6.09 Å². The number of piperidine rings is 1. The van der Waals surface area contributed by atoms with Crippen LogP contribution in [0.5, 0.6) is 0 Å². The SMILES string of the molecule is CC(C)(C)C1C(CNC(=O)c2ccc(-c3cncc(-c4cc5ccccc5[nH]4)n3)cc2)CCCN1C(=O)O. The highest BCUT2D eigenvalue weighted by atomic mass is 16.4. The Labute approximate surface area is 222 Å². The minimum Gasteiger partial charge on any atom is -0.465 e. The number of hydrogen-bond donors (Lipinski definition) is 3. The van der Waals surface area contributed by atoms with Gasteiger partial charge in [-0.3, -0.25) is 9.78 Å². The first-order valence-corrected chi connectivity index (χ1v) is 13.0. The number of carbonyl (C=O) groups is 2. The average molecular weight is 512 g/mol. The van der Waals surface area contributed by atoms with Gasteiger partial charge in [-0.05, 0) is 48.4 Å². The molecular formula is C30H33N5O3. The number of nitrogens with one attached hydrogen (secondary N) is 2. The number of carbonyl (C=O) groups excluding carboxylic acids is 1. The summed E-state index contributed by atoms with van der Waals surface area (Å²) in [6.45, 7) is 7.14. The molecule has 2 atom stereocenters. The summed E-state index contributed by atoms with van der Waals surface area (Å²) >= 11 is 0. The number of benzene rings is 2. The van der Waals surface area contributed by atoms with Crippen molar-refractivity contribution in [3.8, 4) is 22.6 Å². The Hall–Kier alpha value is -4.20. The van der Waals surface area contributed by atoms with E-state index in [1.165, 1.54) is 0 Å². The van der Waals surface area contributed by atoms with Gasteiger partial charge in [-0.1, -0.05) is 51.1 Å². The molecule has 3 N–H and O–H groups in total. The van der Waals surface area contributed by atoms with E-state index in [0.717, 1.165) is 46.4 Å². The normalized spacial score (nSPS) is 17.9. The lowest BCUT2D eigenvalue weighted by Crippen LogP contribution is -2.56. The molecule has 3 heterocycles. The molecule has 4 aromatic rings. The zero-order valence-electron chi connectivity index (χ0n) is 21.9. The molecule has 0 aliphatic carbocycles. The zero-order chi connectivity index (χ0) is 26.9. The third-order valence-electron chi connectivity index (χ3n) is 7.30. The molecule has 0 saturated carbocycles. The van der Waals surface area contributed by atoms with E-state index in [9.17, 15) is 14.7 Å². The number of carboxylic acid groups (broad SMARTS) is 1. The smallest absolute Gasteiger partial charge is 0.407 e. The summed E-state index contributed by atoms with van der Waals surface area (Å²) in [6, 6.07) is 17.3. The number of hydrogen-bond acceptors (Lipinski definition) is 4. The van der Waals surface area contributed by atoms with Gasteiger partial charge in [0.15, 0.2) is 0 Å². The van der Waals surface area contributed by atoms with Crippen LogP contribution in [0.25, 0.3) is 33.5 Å². The third kappa shape index (κ3) is 5.25. The summed E-state index contributed by atoms with van der Waals surface area (Å²) in [6.07, 6.45) is 4.24. The van der Waals surface area contributed by atoms with Gasteiger partial charge in [-0.2, -0.15) is 0 Å². The van der Waals surface area contributed by atoms with Crippen LogP contribution in [0.4, 0.5) is 4.79 Å². The predicted octanol–water partition coefficient (Wildman–Crippen LogP) is 5.83. The van der Waals surface area contributed by atoms with Gasteiger partial charge in [-0.25, -0.2) is 9.78 Å². The second-order valence-corrected chi connectivity index (χ2v) is 11.0. The van der Waals surface area contributed by atoms with Gasteiger partial charge in [-0.15, -0.1) is 0 Å². The number of fused-ring (bicyclic) bond motifs is 1. The standard InChI is InChI=1S/C30H33N5O3/c1-30(2,3)27-22(8-6-14-35(27)29(37)38)16-32-28(36)20-12-10-19(11-13-20)25-17-31-18-26(34-25)24-15-21-7-4-5-9-23(21)33-24/h4-5,7,9-13,15,17-18,22,27,33H,6,8,14,16H2,1-3H3,(H,32,36)(H,37,38). The Bertz CT molecular complexity index is 1420. The Morgan fingerprint density at radius 2 is 1.82 bits per heavy atom. The van der Waals surface area contributed by atoms with Gasteiger partial charge in [0.05, 0.1) is 23.8 Å². The van der Waals surface area contributed by atoms with Gasteiger partial charge < -0.3 is 20.3 Å². The lowest BCUT2D eigenvalue weighted by atomic mass is 9.74. The van der Waals surface area contributed by atoms with Crippen molar-refractivity contribution in [3.05, 3.63) is 72.6 Å². The van der Waals surface area contributed by atoms with E-state index >= 15 is 0 Å². The largest absolute Gasteiger partial charge is 0.465 e. The van der Waals surface area contributed by atoms with Crippen LogP contribution in [0, 0.1) is 11.3 Å². The van der Waals surface area contributed by atoms with Crippen molar-refractivity contribution in [3.63, 3.8) is 0 Å². The molecule has 1 fully saturated rings.